The number of rotatable bonds is 10. The van der Waals surface area contributed by atoms with Crippen molar-refractivity contribution >= 4 is 39.1 Å². The van der Waals surface area contributed by atoms with Gasteiger partial charge in [-0.05, 0) is 62.1 Å². The maximum atomic E-state index is 13.8. The van der Waals surface area contributed by atoms with Crippen molar-refractivity contribution in [3.05, 3.63) is 58.6 Å². The zero-order valence-electron chi connectivity index (χ0n) is 21.9. The van der Waals surface area contributed by atoms with Gasteiger partial charge in [0.2, 0.25) is 21.8 Å². The predicted molar refractivity (Wildman–Crippen MR) is 146 cm³/mol. The summed E-state index contributed by atoms with van der Waals surface area (Å²) in [6, 6.07) is 11.4. The van der Waals surface area contributed by atoms with Gasteiger partial charge in [-0.15, -0.1) is 0 Å². The van der Waals surface area contributed by atoms with Gasteiger partial charge in [-0.2, -0.15) is 0 Å². The number of anilines is 1. The van der Waals surface area contributed by atoms with Crippen LogP contribution in [0.2, 0.25) is 5.02 Å². The van der Waals surface area contributed by atoms with Crippen LogP contribution in [0, 0.1) is 6.92 Å². The number of benzene rings is 2. The first kappa shape index (κ1) is 28.8. The minimum absolute atomic E-state index is 0.0795. The Balaban J connectivity index is 1.92. The van der Waals surface area contributed by atoms with Crippen LogP contribution in [0.15, 0.2) is 42.5 Å². The molecule has 2 aromatic carbocycles. The van der Waals surface area contributed by atoms with Crippen LogP contribution in [0.3, 0.4) is 0 Å². The molecule has 1 atom stereocenters. The minimum atomic E-state index is -3.86. The fourth-order valence-corrected chi connectivity index (χ4v) is 5.63. The first-order valence-electron chi connectivity index (χ1n) is 12.5. The van der Waals surface area contributed by atoms with Gasteiger partial charge in [0.1, 0.15) is 18.3 Å². The lowest BCUT2D eigenvalue weighted by Crippen LogP contribution is -2.53. The summed E-state index contributed by atoms with van der Waals surface area (Å²) in [7, 11) is -2.42. The Labute approximate surface area is 225 Å². The van der Waals surface area contributed by atoms with E-state index in [1.54, 1.807) is 43.3 Å². The molecule has 0 heterocycles. The number of nitrogens with zero attached hydrogens (tertiary/aromatic N) is 2. The molecule has 1 N–H and O–H groups in total. The Morgan fingerprint density at radius 2 is 1.84 bits per heavy atom. The van der Waals surface area contributed by atoms with Crippen molar-refractivity contribution < 1.29 is 22.7 Å². The SMILES string of the molecule is COc1ccc(C)cc1N(CC(=O)N(Cc1cccc(Cl)c1)[C@H](C)C(=O)NC1CCCCC1)S(C)(=O)=O. The fourth-order valence-electron chi connectivity index (χ4n) is 4.57. The highest BCUT2D eigenvalue weighted by Gasteiger charge is 2.32. The van der Waals surface area contributed by atoms with Crippen molar-refractivity contribution in [3.63, 3.8) is 0 Å². The van der Waals surface area contributed by atoms with Crippen LogP contribution in [-0.2, 0) is 26.2 Å². The van der Waals surface area contributed by atoms with E-state index in [1.165, 1.54) is 12.0 Å². The highest BCUT2D eigenvalue weighted by molar-refractivity contribution is 7.92. The molecular formula is C27H36ClN3O5S. The average Bonchev–Trinajstić information content (AvgIpc) is 2.85. The maximum Gasteiger partial charge on any atom is 0.244 e. The molecule has 8 nitrogen and oxygen atoms in total. The summed E-state index contributed by atoms with van der Waals surface area (Å²) in [5.41, 5.74) is 1.81. The number of carbonyl (C=O) groups is 2. The zero-order chi connectivity index (χ0) is 27.2. The number of hydrogen-bond acceptors (Lipinski definition) is 5. The molecule has 202 valence electrons. The van der Waals surface area contributed by atoms with Crippen LogP contribution in [0.4, 0.5) is 5.69 Å². The standard InChI is InChI=1S/C27H36ClN3O5S/c1-19-13-14-25(36-3)24(15-19)31(37(4,34)35)18-26(32)30(17-21-9-8-10-22(28)16-21)20(2)27(33)29-23-11-6-5-7-12-23/h8-10,13-16,20,23H,5-7,11-12,17-18H2,1-4H3,(H,29,33)/t20-/m1/s1. The molecule has 1 aliphatic carbocycles. The summed E-state index contributed by atoms with van der Waals surface area (Å²) in [4.78, 5) is 28.4. The number of carbonyl (C=O) groups excluding carboxylic acids is 2. The number of amides is 2. The lowest BCUT2D eigenvalue weighted by molar-refractivity contribution is -0.139. The molecule has 3 rings (SSSR count). The molecule has 10 heteroatoms. The Hall–Kier alpha value is -2.78. The van der Waals surface area contributed by atoms with Gasteiger partial charge in [0, 0.05) is 17.6 Å². The molecule has 0 spiro atoms. The molecule has 1 saturated carbocycles. The van der Waals surface area contributed by atoms with E-state index in [4.69, 9.17) is 16.3 Å². The van der Waals surface area contributed by atoms with Crippen molar-refractivity contribution in [2.45, 2.75) is 64.6 Å². The van der Waals surface area contributed by atoms with E-state index in [2.05, 4.69) is 5.32 Å². The summed E-state index contributed by atoms with van der Waals surface area (Å²) in [6.45, 7) is 3.11. The van der Waals surface area contributed by atoms with E-state index < -0.39 is 28.5 Å². The van der Waals surface area contributed by atoms with Crippen molar-refractivity contribution in [3.8, 4) is 5.75 Å². The van der Waals surface area contributed by atoms with Crippen LogP contribution in [0.5, 0.6) is 5.75 Å². The molecule has 1 fully saturated rings. The van der Waals surface area contributed by atoms with E-state index in [9.17, 15) is 18.0 Å². The van der Waals surface area contributed by atoms with Gasteiger partial charge in [0.05, 0.1) is 19.1 Å². The molecule has 0 aliphatic heterocycles. The number of aryl methyl sites for hydroxylation is 1. The lowest BCUT2D eigenvalue weighted by atomic mass is 9.95. The van der Waals surface area contributed by atoms with Crippen LogP contribution in [-0.4, -0.2) is 57.1 Å². The van der Waals surface area contributed by atoms with Crippen LogP contribution < -0.4 is 14.4 Å². The van der Waals surface area contributed by atoms with E-state index in [0.29, 0.717) is 10.8 Å². The van der Waals surface area contributed by atoms with Crippen molar-refractivity contribution in [1.82, 2.24) is 10.2 Å². The number of hydrogen-bond donors (Lipinski definition) is 1. The second kappa shape index (κ2) is 12.6. The van der Waals surface area contributed by atoms with Crippen LogP contribution in [0.25, 0.3) is 0 Å². The van der Waals surface area contributed by atoms with E-state index in [1.807, 2.05) is 13.0 Å². The summed E-state index contributed by atoms with van der Waals surface area (Å²) < 4.78 is 32.1. The van der Waals surface area contributed by atoms with E-state index in [-0.39, 0.29) is 24.2 Å². The molecule has 0 saturated heterocycles. The van der Waals surface area contributed by atoms with Gasteiger partial charge in [0.25, 0.3) is 0 Å². The summed E-state index contributed by atoms with van der Waals surface area (Å²) in [5.74, 6) is -0.449. The number of halogens is 1. The minimum Gasteiger partial charge on any atom is -0.495 e. The quantitative estimate of drug-likeness (QED) is 0.477. The van der Waals surface area contributed by atoms with Gasteiger partial charge in [0.15, 0.2) is 0 Å². The molecule has 2 amide bonds. The molecule has 0 bridgehead atoms. The highest BCUT2D eigenvalue weighted by Crippen LogP contribution is 2.31. The third-order valence-electron chi connectivity index (χ3n) is 6.64. The summed E-state index contributed by atoms with van der Waals surface area (Å²) in [5, 5.41) is 3.59. The summed E-state index contributed by atoms with van der Waals surface area (Å²) in [6.07, 6.45) is 6.15. The fraction of sp³-hybridized carbons (Fsp3) is 0.481. The Morgan fingerprint density at radius 3 is 2.46 bits per heavy atom. The first-order chi connectivity index (χ1) is 17.5. The monoisotopic (exact) mass is 549 g/mol. The van der Waals surface area contributed by atoms with Crippen LogP contribution >= 0.6 is 11.6 Å². The number of ether oxygens (including phenoxy) is 1. The van der Waals surface area contributed by atoms with Gasteiger partial charge < -0.3 is 15.0 Å². The van der Waals surface area contributed by atoms with Gasteiger partial charge in [-0.25, -0.2) is 8.42 Å². The maximum absolute atomic E-state index is 13.8. The Kier molecular flexibility index (Phi) is 9.84. The number of sulfonamides is 1. The summed E-state index contributed by atoms with van der Waals surface area (Å²) >= 11 is 6.17. The van der Waals surface area contributed by atoms with Crippen LogP contribution in [0.1, 0.15) is 50.2 Å². The first-order valence-corrected chi connectivity index (χ1v) is 14.7. The van der Waals surface area contributed by atoms with E-state index in [0.717, 1.165) is 53.8 Å². The van der Waals surface area contributed by atoms with Gasteiger partial charge in [-0.3, -0.25) is 13.9 Å². The van der Waals surface area contributed by atoms with Crippen molar-refractivity contribution in [1.29, 1.82) is 0 Å². The normalized spacial score (nSPS) is 15.1. The molecule has 37 heavy (non-hydrogen) atoms. The van der Waals surface area contributed by atoms with Gasteiger partial charge >= 0.3 is 0 Å². The van der Waals surface area contributed by atoms with Crippen molar-refractivity contribution in [2.24, 2.45) is 0 Å². The Morgan fingerprint density at radius 1 is 1.14 bits per heavy atom. The molecule has 2 aromatic rings. The average molecular weight is 550 g/mol. The van der Waals surface area contributed by atoms with E-state index >= 15 is 0 Å². The third kappa shape index (κ3) is 7.85. The lowest BCUT2D eigenvalue weighted by Gasteiger charge is -2.33. The zero-order valence-corrected chi connectivity index (χ0v) is 23.4. The predicted octanol–water partition coefficient (Wildman–Crippen LogP) is 4.29. The highest BCUT2D eigenvalue weighted by atomic mass is 35.5. The topological polar surface area (TPSA) is 96.0 Å². The number of methoxy groups -OCH3 is 1. The molecular weight excluding hydrogens is 514 g/mol. The molecule has 1 aliphatic rings. The van der Waals surface area contributed by atoms with Gasteiger partial charge in [-0.1, -0.05) is 49.1 Å². The second-order valence-corrected chi connectivity index (χ2v) is 12.0. The Bertz CT molecular complexity index is 1210. The second-order valence-electron chi connectivity index (χ2n) is 9.62. The molecule has 0 aromatic heterocycles. The molecule has 0 radical (unpaired) electrons. The molecule has 0 unspecified atom stereocenters. The third-order valence-corrected chi connectivity index (χ3v) is 8.00. The number of nitrogens with one attached hydrogen (secondary N) is 1. The largest absolute Gasteiger partial charge is 0.495 e. The van der Waals surface area contributed by atoms with Crippen molar-refractivity contribution in [2.75, 3.05) is 24.2 Å². The smallest absolute Gasteiger partial charge is 0.244 e.